The van der Waals surface area contributed by atoms with Gasteiger partial charge in [-0.3, -0.25) is 0 Å². The Labute approximate surface area is 148 Å². The van der Waals surface area contributed by atoms with E-state index < -0.39 is 5.60 Å². The first kappa shape index (κ1) is 16.1. The molecule has 3 nitrogen and oxygen atoms in total. The second-order valence-corrected chi connectivity index (χ2v) is 6.02. The summed E-state index contributed by atoms with van der Waals surface area (Å²) in [4.78, 5) is 0. The van der Waals surface area contributed by atoms with E-state index in [0.717, 1.165) is 0 Å². The van der Waals surface area contributed by atoms with Crippen LogP contribution >= 0.6 is 0 Å². The summed E-state index contributed by atoms with van der Waals surface area (Å²) in [6.07, 6.45) is 1.73. The Kier molecular flexibility index (Phi) is 3.81. The Bertz CT molecular complexity index is 952. The molecular formula is C21H13F2NO2. The molecule has 0 unspecified atom stereocenters. The van der Waals surface area contributed by atoms with Crippen molar-refractivity contribution in [3.63, 3.8) is 0 Å². The van der Waals surface area contributed by atoms with Crippen molar-refractivity contribution in [3.05, 3.63) is 101 Å². The van der Waals surface area contributed by atoms with E-state index >= 15 is 0 Å². The number of nitriles is 1. The van der Waals surface area contributed by atoms with Gasteiger partial charge in [-0.05, 0) is 36.4 Å². The van der Waals surface area contributed by atoms with Crippen LogP contribution in [0.2, 0.25) is 0 Å². The quantitative estimate of drug-likeness (QED) is 0.656. The molecule has 0 aliphatic carbocycles. The predicted molar refractivity (Wildman–Crippen MR) is 90.5 cm³/mol. The number of nitrogens with zero attached hydrogens (tertiary/aromatic N) is 1. The SMILES string of the molecule is N#CC1=C(c2ccco2)OC(c2ccc(F)cc2)(c2ccc(F)cc2)C1. The normalized spacial score (nSPS) is 15.6. The summed E-state index contributed by atoms with van der Waals surface area (Å²) in [6, 6.07) is 17.4. The van der Waals surface area contributed by atoms with Gasteiger partial charge in [-0.2, -0.15) is 5.26 Å². The molecule has 0 amide bonds. The van der Waals surface area contributed by atoms with Gasteiger partial charge in [0.15, 0.2) is 17.1 Å². The maximum atomic E-state index is 13.4. The Morgan fingerprint density at radius 1 is 0.885 bits per heavy atom. The summed E-state index contributed by atoms with van der Waals surface area (Å²) in [5, 5.41) is 9.60. The summed E-state index contributed by atoms with van der Waals surface area (Å²) in [7, 11) is 0. The average Bonchev–Trinajstić information content (AvgIpc) is 3.31. The van der Waals surface area contributed by atoms with Gasteiger partial charge in [0.2, 0.25) is 0 Å². The molecule has 0 spiro atoms. The van der Waals surface area contributed by atoms with Gasteiger partial charge in [-0.25, -0.2) is 8.78 Å². The Hall–Kier alpha value is -3.39. The van der Waals surface area contributed by atoms with E-state index in [1.165, 1.54) is 30.5 Å². The van der Waals surface area contributed by atoms with E-state index in [4.69, 9.17) is 9.15 Å². The fourth-order valence-corrected chi connectivity index (χ4v) is 3.23. The van der Waals surface area contributed by atoms with Crippen molar-refractivity contribution < 1.29 is 17.9 Å². The zero-order valence-corrected chi connectivity index (χ0v) is 13.6. The number of ether oxygens (including phenoxy) is 1. The Morgan fingerprint density at radius 2 is 1.46 bits per heavy atom. The molecule has 1 aliphatic heterocycles. The third kappa shape index (κ3) is 2.56. The molecule has 5 heteroatoms. The molecule has 0 bridgehead atoms. The minimum Gasteiger partial charge on any atom is -0.472 e. The maximum absolute atomic E-state index is 13.4. The van der Waals surface area contributed by atoms with Gasteiger partial charge in [0.05, 0.1) is 17.9 Å². The topological polar surface area (TPSA) is 46.2 Å². The average molecular weight is 349 g/mol. The summed E-state index contributed by atoms with van der Waals surface area (Å²) in [5.74, 6) is 0.0280. The highest BCUT2D eigenvalue weighted by atomic mass is 19.1. The lowest BCUT2D eigenvalue weighted by Crippen LogP contribution is -2.27. The molecule has 0 N–H and O–H groups in total. The molecule has 128 valence electrons. The number of halogens is 2. The molecule has 2 aromatic carbocycles. The van der Waals surface area contributed by atoms with Crippen molar-refractivity contribution >= 4 is 5.76 Å². The molecule has 26 heavy (non-hydrogen) atoms. The fourth-order valence-electron chi connectivity index (χ4n) is 3.23. The van der Waals surface area contributed by atoms with Gasteiger partial charge < -0.3 is 9.15 Å². The van der Waals surface area contributed by atoms with Gasteiger partial charge >= 0.3 is 0 Å². The molecule has 1 aromatic heterocycles. The number of rotatable bonds is 3. The molecule has 0 saturated carbocycles. The van der Waals surface area contributed by atoms with E-state index in [1.54, 1.807) is 36.4 Å². The van der Waals surface area contributed by atoms with Crippen molar-refractivity contribution in [2.75, 3.05) is 0 Å². The van der Waals surface area contributed by atoms with Crippen LogP contribution in [0.5, 0.6) is 0 Å². The van der Waals surface area contributed by atoms with E-state index in [2.05, 4.69) is 6.07 Å². The van der Waals surface area contributed by atoms with Crippen LogP contribution in [0.3, 0.4) is 0 Å². The smallest absolute Gasteiger partial charge is 0.177 e. The lowest BCUT2D eigenvalue weighted by atomic mass is 9.82. The fraction of sp³-hybridized carbons (Fsp3) is 0.0952. The van der Waals surface area contributed by atoms with Crippen LogP contribution in [0.4, 0.5) is 8.78 Å². The largest absolute Gasteiger partial charge is 0.472 e. The first-order valence-electron chi connectivity index (χ1n) is 8.00. The van der Waals surface area contributed by atoms with Crippen molar-refractivity contribution in [2.45, 2.75) is 12.0 Å². The molecule has 4 rings (SSSR count). The second-order valence-electron chi connectivity index (χ2n) is 6.02. The van der Waals surface area contributed by atoms with E-state index in [0.29, 0.717) is 28.2 Å². The highest BCUT2D eigenvalue weighted by molar-refractivity contribution is 5.68. The highest BCUT2D eigenvalue weighted by Gasteiger charge is 2.45. The summed E-state index contributed by atoms with van der Waals surface area (Å²) < 4.78 is 38.5. The summed E-state index contributed by atoms with van der Waals surface area (Å²) in [5.41, 5.74) is 0.683. The van der Waals surface area contributed by atoms with Crippen LogP contribution < -0.4 is 0 Å². The van der Waals surface area contributed by atoms with Gasteiger partial charge in [0.25, 0.3) is 0 Å². The van der Waals surface area contributed by atoms with Crippen LogP contribution in [0, 0.1) is 23.0 Å². The molecule has 0 fully saturated rings. The molecule has 1 aliphatic rings. The maximum Gasteiger partial charge on any atom is 0.177 e. The highest BCUT2D eigenvalue weighted by Crippen LogP contribution is 2.49. The van der Waals surface area contributed by atoms with Crippen LogP contribution in [-0.4, -0.2) is 0 Å². The summed E-state index contributed by atoms with van der Waals surface area (Å²) >= 11 is 0. The predicted octanol–water partition coefficient (Wildman–Crippen LogP) is 5.16. The second kappa shape index (κ2) is 6.16. The monoisotopic (exact) mass is 349 g/mol. The number of hydrogen-bond donors (Lipinski definition) is 0. The van der Waals surface area contributed by atoms with Crippen molar-refractivity contribution in [3.8, 4) is 6.07 Å². The van der Waals surface area contributed by atoms with Crippen molar-refractivity contribution in [1.29, 1.82) is 5.26 Å². The zero-order chi connectivity index (χ0) is 18.1. The number of furan rings is 1. The third-order valence-electron chi connectivity index (χ3n) is 4.48. The number of hydrogen-bond acceptors (Lipinski definition) is 3. The van der Waals surface area contributed by atoms with E-state index in [9.17, 15) is 14.0 Å². The summed E-state index contributed by atoms with van der Waals surface area (Å²) in [6.45, 7) is 0. The van der Waals surface area contributed by atoms with Gasteiger partial charge in [-0.1, -0.05) is 24.3 Å². The van der Waals surface area contributed by atoms with Crippen LogP contribution in [0.15, 0.2) is 76.9 Å². The lowest BCUT2D eigenvalue weighted by Gasteiger charge is -2.31. The standard InChI is InChI=1S/C21H13F2NO2/c22-17-7-3-15(4-8-17)21(16-5-9-18(23)10-6-16)12-14(13-24)20(26-21)19-2-1-11-25-19/h1-11H,12H2. The van der Waals surface area contributed by atoms with Crippen LogP contribution in [0.1, 0.15) is 23.3 Å². The van der Waals surface area contributed by atoms with E-state index in [1.807, 2.05) is 0 Å². The van der Waals surface area contributed by atoms with Crippen LogP contribution in [0.25, 0.3) is 5.76 Å². The molecule has 0 saturated heterocycles. The molecule has 2 heterocycles. The zero-order valence-electron chi connectivity index (χ0n) is 13.6. The van der Waals surface area contributed by atoms with Gasteiger partial charge in [0.1, 0.15) is 11.6 Å². The molecule has 3 aromatic rings. The van der Waals surface area contributed by atoms with Crippen molar-refractivity contribution in [1.82, 2.24) is 0 Å². The molecule has 0 atom stereocenters. The van der Waals surface area contributed by atoms with Gasteiger partial charge in [0, 0.05) is 17.5 Å². The molecule has 0 radical (unpaired) electrons. The minimum atomic E-state index is -1.06. The Morgan fingerprint density at radius 3 is 1.92 bits per heavy atom. The van der Waals surface area contributed by atoms with Crippen LogP contribution in [-0.2, 0) is 10.3 Å². The Balaban J connectivity index is 1.87. The minimum absolute atomic E-state index is 0.233. The number of benzene rings is 2. The van der Waals surface area contributed by atoms with Gasteiger partial charge in [-0.15, -0.1) is 0 Å². The van der Waals surface area contributed by atoms with E-state index in [-0.39, 0.29) is 18.1 Å². The third-order valence-corrected chi connectivity index (χ3v) is 4.48. The first-order chi connectivity index (χ1) is 12.6. The molecular weight excluding hydrogens is 336 g/mol. The lowest BCUT2D eigenvalue weighted by molar-refractivity contribution is 0.0974. The first-order valence-corrected chi connectivity index (χ1v) is 8.00. The van der Waals surface area contributed by atoms with Crippen molar-refractivity contribution in [2.24, 2.45) is 0 Å².